The summed E-state index contributed by atoms with van der Waals surface area (Å²) >= 11 is 0. The maximum atomic E-state index is 12.8. The summed E-state index contributed by atoms with van der Waals surface area (Å²) in [5.74, 6) is 0.779. The van der Waals surface area contributed by atoms with Crippen LogP contribution in [0.4, 0.5) is 5.82 Å². The van der Waals surface area contributed by atoms with Crippen molar-refractivity contribution in [1.82, 2.24) is 19.8 Å². The number of piperazine rings is 1. The Bertz CT molecular complexity index is 663. The maximum Gasteiger partial charge on any atom is 0.255 e. The standard InChI is InChI=1S/C19H31N5O3/c1-15-13-20-16(2)17(21-15)23-9-7-22(8-10-23)14-19(26)5-4-6-24(18(19)25)11-12-27-3/h13,26H,4-12,14H2,1-3H3/t19-/m0/s1. The molecule has 8 nitrogen and oxygen atoms in total. The number of likely N-dealkylation sites (tertiary alicyclic amines) is 1. The number of methoxy groups -OCH3 is 1. The molecule has 0 unspecified atom stereocenters. The largest absolute Gasteiger partial charge is 0.383 e. The fourth-order valence-electron chi connectivity index (χ4n) is 3.94. The van der Waals surface area contributed by atoms with Gasteiger partial charge in [0.15, 0.2) is 5.60 Å². The van der Waals surface area contributed by atoms with Crippen LogP contribution in [0.25, 0.3) is 0 Å². The number of β-amino-alcohol motifs (C(OH)–C–C–N with tert-alkyl or cyclic N) is 1. The number of aliphatic hydroxyl groups is 1. The van der Waals surface area contributed by atoms with Gasteiger partial charge in [-0.3, -0.25) is 14.7 Å². The molecule has 2 saturated heterocycles. The molecule has 3 heterocycles. The molecule has 27 heavy (non-hydrogen) atoms. The van der Waals surface area contributed by atoms with Crippen LogP contribution in [0, 0.1) is 13.8 Å². The SMILES string of the molecule is COCCN1CCC[C@](O)(CN2CCN(c3nc(C)cnc3C)CC2)C1=O. The van der Waals surface area contributed by atoms with Gasteiger partial charge in [-0.05, 0) is 26.7 Å². The number of ether oxygens (including phenoxy) is 1. The quantitative estimate of drug-likeness (QED) is 0.759. The van der Waals surface area contributed by atoms with E-state index in [1.165, 1.54) is 0 Å². The molecule has 1 atom stereocenters. The van der Waals surface area contributed by atoms with Gasteiger partial charge >= 0.3 is 0 Å². The summed E-state index contributed by atoms with van der Waals surface area (Å²) in [6.07, 6.45) is 3.14. The minimum absolute atomic E-state index is 0.159. The molecular formula is C19H31N5O3. The highest BCUT2D eigenvalue weighted by atomic mass is 16.5. The third kappa shape index (κ3) is 4.56. The summed E-state index contributed by atoms with van der Waals surface area (Å²) in [5.41, 5.74) is 0.563. The summed E-state index contributed by atoms with van der Waals surface area (Å²) in [7, 11) is 1.63. The Morgan fingerprint density at radius 3 is 2.67 bits per heavy atom. The Morgan fingerprint density at radius 1 is 1.22 bits per heavy atom. The Kier molecular flexibility index (Phi) is 6.29. The number of rotatable bonds is 6. The molecule has 1 amide bonds. The zero-order valence-corrected chi connectivity index (χ0v) is 16.6. The highest BCUT2D eigenvalue weighted by molar-refractivity contribution is 5.86. The molecule has 1 aromatic heterocycles. The van der Waals surface area contributed by atoms with Gasteiger partial charge in [-0.2, -0.15) is 0 Å². The summed E-state index contributed by atoms with van der Waals surface area (Å²) in [6, 6.07) is 0. The van der Waals surface area contributed by atoms with Crippen molar-refractivity contribution in [1.29, 1.82) is 0 Å². The summed E-state index contributed by atoms with van der Waals surface area (Å²) in [6.45, 7) is 9.27. The lowest BCUT2D eigenvalue weighted by atomic mass is 9.91. The van der Waals surface area contributed by atoms with Crippen LogP contribution < -0.4 is 4.90 Å². The lowest BCUT2D eigenvalue weighted by Crippen LogP contribution is -2.61. The highest BCUT2D eigenvalue weighted by Crippen LogP contribution is 2.25. The molecule has 0 spiro atoms. The molecule has 0 saturated carbocycles. The molecule has 150 valence electrons. The second-order valence-corrected chi connectivity index (χ2v) is 7.60. The molecule has 2 aliphatic rings. The molecule has 3 rings (SSSR count). The van der Waals surface area contributed by atoms with Crippen molar-refractivity contribution in [2.45, 2.75) is 32.3 Å². The van der Waals surface area contributed by atoms with Gasteiger partial charge in [-0.15, -0.1) is 0 Å². The van der Waals surface area contributed by atoms with Gasteiger partial charge in [0.25, 0.3) is 5.91 Å². The van der Waals surface area contributed by atoms with Crippen LogP contribution in [0.3, 0.4) is 0 Å². The van der Waals surface area contributed by atoms with E-state index in [1.807, 2.05) is 13.8 Å². The van der Waals surface area contributed by atoms with Crippen molar-refractivity contribution in [3.05, 3.63) is 17.6 Å². The molecule has 0 aromatic carbocycles. The molecule has 8 heteroatoms. The minimum atomic E-state index is -1.28. The topological polar surface area (TPSA) is 82.0 Å². The number of amides is 1. The predicted molar refractivity (Wildman–Crippen MR) is 103 cm³/mol. The highest BCUT2D eigenvalue weighted by Gasteiger charge is 2.43. The van der Waals surface area contributed by atoms with Gasteiger partial charge in [0.05, 0.1) is 18.0 Å². The molecule has 0 bridgehead atoms. The van der Waals surface area contributed by atoms with E-state index in [1.54, 1.807) is 18.2 Å². The molecule has 1 N–H and O–H groups in total. The average molecular weight is 377 g/mol. The van der Waals surface area contributed by atoms with Crippen molar-refractivity contribution in [2.24, 2.45) is 0 Å². The van der Waals surface area contributed by atoms with E-state index in [4.69, 9.17) is 4.74 Å². The number of anilines is 1. The van der Waals surface area contributed by atoms with Crippen molar-refractivity contribution in [3.63, 3.8) is 0 Å². The monoisotopic (exact) mass is 377 g/mol. The number of hydrogen-bond acceptors (Lipinski definition) is 7. The molecule has 2 fully saturated rings. The van der Waals surface area contributed by atoms with Gasteiger partial charge in [-0.1, -0.05) is 0 Å². The zero-order valence-electron chi connectivity index (χ0n) is 16.6. The van der Waals surface area contributed by atoms with Crippen LogP contribution in [0.2, 0.25) is 0 Å². The molecule has 0 radical (unpaired) electrons. The fourth-order valence-corrected chi connectivity index (χ4v) is 3.94. The molecule has 0 aliphatic carbocycles. The number of carbonyl (C=O) groups is 1. The van der Waals surface area contributed by atoms with E-state index in [2.05, 4.69) is 19.8 Å². The second kappa shape index (κ2) is 8.50. The first kappa shape index (κ1) is 20.0. The van der Waals surface area contributed by atoms with Crippen molar-refractivity contribution in [3.8, 4) is 0 Å². The Morgan fingerprint density at radius 2 is 1.96 bits per heavy atom. The molecular weight excluding hydrogens is 346 g/mol. The van der Waals surface area contributed by atoms with E-state index in [0.29, 0.717) is 32.7 Å². The van der Waals surface area contributed by atoms with E-state index in [-0.39, 0.29) is 5.91 Å². The Labute approximate surface area is 161 Å². The lowest BCUT2D eigenvalue weighted by Gasteiger charge is -2.43. The summed E-state index contributed by atoms with van der Waals surface area (Å²) < 4.78 is 5.08. The third-order valence-corrected chi connectivity index (χ3v) is 5.48. The van der Waals surface area contributed by atoms with Crippen LogP contribution >= 0.6 is 0 Å². The molecule has 1 aromatic rings. The molecule has 2 aliphatic heterocycles. The number of piperidine rings is 1. The summed E-state index contributed by atoms with van der Waals surface area (Å²) in [5, 5.41) is 11.0. The number of aryl methyl sites for hydroxylation is 2. The summed E-state index contributed by atoms with van der Waals surface area (Å²) in [4.78, 5) is 27.9. The number of carbonyl (C=O) groups excluding carboxylic acids is 1. The van der Waals surface area contributed by atoms with Crippen molar-refractivity contribution in [2.75, 3.05) is 64.4 Å². The average Bonchev–Trinajstić information content (AvgIpc) is 2.66. The van der Waals surface area contributed by atoms with Gasteiger partial charge in [0.2, 0.25) is 0 Å². The fraction of sp³-hybridized carbons (Fsp3) is 0.737. The van der Waals surface area contributed by atoms with Crippen molar-refractivity contribution >= 4 is 11.7 Å². The number of nitrogens with zero attached hydrogens (tertiary/aromatic N) is 5. The third-order valence-electron chi connectivity index (χ3n) is 5.48. The van der Waals surface area contributed by atoms with E-state index in [9.17, 15) is 9.90 Å². The first-order valence-electron chi connectivity index (χ1n) is 9.71. The van der Waals surface area contributed by atoms with E-state index < -0.39 is 5.60 Å². The maximum absolute atomic E-state index is 12.8. The lowest BCUT2D eigenvalue weighted by molar-refractivity contribution is -0.160. The van der Waals surface area contributed by atoms with Crippen LogP contribution in [-0.2, 0) is 9.53 Å². The minimum Gasteiger partial charge on any atom is -0.383 e. The van der Waals surface area contributed by atoms with E-state index >= 15 is 0 Å². The van der Waals surface area contributed by atoms with Crippen LogP contribution in [0.5, 0.6) is 0 Å². The first-order chi connectivity index (χ1) is 12.9. The smallest absolute Gasteiger partial charge is 0.255 e. The van der Waals surface area contributed by atoms with Crippen LogP contribution in [0.15, 0.2) is 6.20 Å². The Hall–Kier alpha value is -1.77. The normalized spacial score (nSPS) is 24.5. The van der Waals surface area contributed by atoms with Gasteiger partial charge in [0.1, 0.15) is 5.82 Å². The van der Waals surface area contributed by atoms with E-state index in [0.717, 1.165) is 49.8 Å². The predicted octanol–water partition coefficient (Wildman–Crippen LogP) is 0.215. The van der Waals surface area contributed by atoms with Crippen LogP contribution in [0.1, 0.15) is 24.2 Å². The second-order valence-electron chi connectivity index (χ2n) is 7.60. The van der Waals surface area contributed by atoms with Gasteiger partial charge in [0, 0.05) is 59.1 Å². The Balaban J connectivity index is 1.58. The van der Waals surface area contributed by atoms with Gasteiger partial charge in [-0.25, -0.2) is 4.98 Å². The first-order valence-corrected chi connectivity index (χ1v) is 9.71. The zero-order chi connectivity index (χ0) is 19.4. The number of aromatic nitrogens is 2. The van der Waals surface area contributed by atoms with Crippen molar-refractivity contribution < 1.29 is 14.6 Å². The number of hydrogen-bond donors (Lipinski definition) is 1. The van der Waals surface area contributed by atoms with Crippen LogP contribution in [-0.4, -0.2) is 95.9 Å². The van der Waals surface area contributed by atoms with Gasteiger partial charge < -0.3 is 19.6 Å².